The number of benzene rings is 1. The van der Waals surface area contributed by atoms with E-state index < -0.39 is 0 Å². The van der Waals surface area contributed by atoms with Crippen LogP contribution in [0, 0.1) is 17.7 Å². The van der Waals surface area contributed by atoms with E-state index in [0.29, 0.717) is 19.5 Å². The number of anilines is 1. The first-order valence-corrected chi connectivity index (χ1v) is 8.47. The van der Waals surface area contributed by atoms with Gasteiger partial charge in [0.15, 0.2) is 0 Å². The van der Waals surface area contributed by atoms with Gasteiger partial charge in [-0.2, -0.15) is 0 Å². The van der Waals surface area contributed by atoms with Crippen molar-refractivity contribution in [3.8, 4) is 0 Å². The Morgan fingerprint density at radius 1 is 1.17 bits per heavy atom. The summed E-state index contributed by atoms with van der Waals surface area (Å²) in [6.45, 7) is 1.12. The molecule has 124 valence electrons. The van der Waals surface area contributed by atoms with Crippen molar-refractivity contribution in [3.05, 3.63) is 30.1 Å². The Morgan fingerprint density at radius 2 is 1.87 bits per heavy atom. The second kappa shape index (κ2) is 7.11. The van der Waals surface area contributed by atoms with Crippen LogP contribution in [0.1, 0.15) is 38.5 Å². The summed E-state index contributed by atoms with van der Waals surface area (Å²) in [4.78, 5) is 26.0. The van der Waals surface area contributed by atoms with Gasteiger partial charge in [0.2, 0.25) is 11.8 Å². The fourth-order valence-electron chi connectivity index (χ4n) is 3.54. The third-order valence-electron chi connectivity index (χ3n) is 4.88. The molecular weight excluding hydrogens is 295 g/mol. The van der Waals surface area contributed by atoms with Crippen LogP contribution in [0.3, 0.4) is 0 Å². The Kier molecular flexibility index (Phi) is 4.94. The Balaban J connectivity index is 1.51. The lowest BCUT2D eigenvalue weighted by Crippen LogP contribution is -2.36. The van der Waals surface area contributed by atoms with Crippen molar-refractivity contribution in [2.45, 2.75) is 38.5 Å². The number of hydrogen-bond acceptors (Lipinski definition) is 2. The number of rotatable bonds is 4. The average molecular weight is 318 g/mol. The molecule has 1 aliphatic carbocycles. The molecule has 0 bridgehead atoms. The van der Waals surface area contributed by atoms with Crippen LogP contribution in [0.15, 0.2) is 24.3 Å². The molecule has 2 fully saturated rings. The normalized spacial score (nSPS) is 22.4. The molecule has 1 saturated carbocycles. The van der Waals surface area contributed by atoms with Gasteiger partial charge < -0.3 is 10.2 Å². The van der Waals surface area contributed by atoms with Crippen LogP contribution in [0.2, 0.25) is 0 Å². The highest BCUT2D eigenvalue weighted by Gasteiger charge is 2.31. The van der Waals surface area contributed by atoms with Crippen LogP contribution >= 0.6 is 0 Å². The SMILES string of the molecule is O=C(NCC1CC(=O)N(c2ccc(F)cc2)C1)C1CCCCC1. The first-order chi connectivity index (χ1) is 11.1. The van der Waals surface area contributed by atoms with Crippen molar-refractivity contribution in [1.29, 1.82) is 0 Å². The molecule has 1 heterocycles. The molecule has 1 aliphatic heterocycles. The molecule has 0 aromatic heterocycles. The third-order valence-corrected chi connectivity index (χ3v) is 4.88. The van der Waals surface area contributed by atoms with Gasteiger partial charge >= 0.3 is 0 Å². The van der Waals surface area contributed by atoms with Gasteiger partial charge in [0.05, 0.1) is 0 Å². The van der Waals surface area contributed by atoms with Crippen LogP contribution in [0.5, 0.6) is 0 Å². The molecule has 0 radical (unpaired) electrons. The molecule has 0 spiro atoms. The van der Waals surface area contributed by atoms with Crippen LogP contribution in [-0.4, -0.2) is 24.9 Å². The highest BCUT2D eigenvalue weighted by molar-refractivity contribution is 5.95. The molecule has 1 N–H and O–H groups in total. The number of nitrogens with one attached hydrogen (secondary N) is 1. The van der Waals surface area contributed by atoms with Gasteiger partial charge in [-0.3, -0.25) is 9.59 Å². The fraction of sp³-hybridized carbons (Fsp3) is 0.556. The summed E-state index contributed by atoms with van der Waals surface area (Å²) in [5.41, 5.74) is 0.720. The molecule has 1 aromatic rings. The molecular formula is C18H23FN2O2. The van der Waals surface area contributed by atoms with E-state index in [9.17, 15) is 14.0 Å². The van der Waals surface area contributed by atoms with E-state index in [2.05, 4.69) is 5.32 Å². The van der Waals surface area contributed by atoms with Crippen molar-refractivity contribution in [1.82, 2.24) is 5.32 Å². The summed E-state index contributed by atoms with van der Waals surface area (Å²) in [5, 5.41) is 3.02. The van der Waals surface area contributed by atoms with E-state index in [1.807, 2.05) is 0 Å². The number of halogens is 1. The van der Waals surface area contributed by atoms with Gasteiger partial charge in [-0.1, -0.05) is 19.3 Å². The molecule has 1 saturated heterocycles. The van der Waals surface area contributed by atoms with E-state index in [4.69, 9.17) is 0 Å². The second-order valence-corrected chi connectivity index (χ2v) is 6.63. The predicted molar refractivity (Wildman–Crippen MR) is 86.4 cm³/mol. The summed E-state index contributed by atoms with van der Waals surface area (Å²) in [5.74, 6) is 0.136. The van der Waals surface area contributed by atoms with Crippen molar-refractivity contribution < 1.29 is 14.0 Å². The van der Waals surface area contributed by atoms with Gasteiger partial charge in [-0.15, -0.1) is 0 Å². The monoisotopic (exact) mass is 318 g/mol. The smallest absolute Gasteiger partial charge is 0.227 e. The van der Waals surface area contributed by atoms with Crippen LogP contribution in [0.4, 0.5) is 10.1 Å². The Hall–Kier alpha value is -1.91. The van der Waals surface area contributed by atoms with Gasteiger partial charge in [0, 0.05) is 37.0 Å². The van der Waals surface area contributed by atoms with E-state index in [1.165, 1.54) is 18.6 Å². The summed E-state index contributed by atoms with van der Waals surface area (Å²) in [6.07, 6.45) is 5.90. The molecule has 23 heavy (non-hydrogen) atoms. The number of carbonyl (C=O) groups excluding carboxylic acids is 2. The lowest BCUT2D eigenvalue weighted by Gasteiger charge is -2.22. The van der Waals surface area contributed by atoms with Gasteiger partial charge in [-0.05, 0) is 37.1 Å². The average Bonchev–Trinajstić information content (AvgIpc) is 2.95. The quantitative estimate of drug-likeness (QED) is 0.928. The molecule has 4 nitrogen and oxygen atoms in total. The van der Waals surface area contributed by atoms with E-state index in [-0.39, 0.29) is 29.5 Å². The summed E-state index contributed by atoms with van der Waals surface area (Å²) in [7, 11) is 0. The van der Waals surface area contributed by atoms with Crippen molar-refractivity contribution in [2.24, 2.45) is 11.8 Å². The van der Waals surface area contributed by atoms with Crippen LogP contribution in [-0.2, 0) is 9.59 Å². The topological polar surface area (TPSA) is 49.4 Å². The lowest BCUT2D eigenvalue weighted by atomic mass is 9.88. The number of carbonyl (C=O) groups is 2. The first-order valence-electron chi connectivity index (χ1n) is 8.47. The molecule has 2 aliphatic rings. The van der Waals surface area contributed by atoms with E-state index in [1.54, 1.807) is 17.0 Å². The lowest BCUT2D eigenvalue weighted by molar-refractivity contribution is -0.126. The van der Waals surface area contributed by atoms with Crippen molar-refractivity contribution in [3.63, 3.8) is 0 Å². The maximum Gasteiger partial charge on any atom is 0.227 e. The molecule has 2 amide bonds. The van der Waals surface area contributed by atoms with E-state index >= 15 is 0 Å². The minimum absolute atomic E-state index is 0.0357. The standard InChI is InChI=1S/C18H23FN2O2/c19-15-6-8-16(9-7-15)21-12-13(10-17(21)22)11-20-18(23)14-4-2-1-3-5-14/h6-9,13-14H,1-5,10-12H2,(H,20,23). The third kappa shape index (κ3) is 3.89. The summed E-state index contributed by atoms with van der Waals surface area (Å²) in [6, 6.07) is 5.97. The zero-order valence-electron chi connectivity index (χ0n) is 13.3. The molecule has 3 rings (SSSR count). The zero-order chi connectivity index (χ0) is 16.2. The largest absolute Gasteiger partial charge is 0.356 e. The molecule has 5 heteroatoms. The maximum atomic E-state index is 13.0. The Morgan fingerprint density at radius 3 is 2.57 bits per heavy atom. The number of amides is 2. The molecule has 1 aromatic carbocycles. The fourth-order valence-corrected chi connectivity index (χ4v) is 3.54. The van der Waals surface area contributed by atoms with Gasteiger partial charge in [0.1, 0.15) is 5.82 Å². The van der Waals surface area contributed by atoms with E-state index in [0.717, 1.165) is 31.4 Å². The highest BCUT2D eigenvalue weighted by Crippen LogP contribution is 2.26. The van der Waals surface area contributed by atoms with Gasteiger partial charge in [-0.25, -0.2) is 4.39 Å². The maximum absolute atomic E-state index is 13.0. The minimum Gasteiger partial charge on any atom is -0.356 e. The van der Waals surface area contributed by atoms with Crippen molar-refractivity contribution in [2.75, 3.05) is 18.0 Å². The predicted octanol–water partition coefficient (Wildman–Crippen LogP) is 2.88. The first kappa shape index (κ1) is 16.0. The minimum atomic E-state index is -0.309. The second-order valence-electron chi connectivity index (χ2n) is 6.63. The summed E-state index contributed by atoms with van der Waals surface area (Å²) < 4.78 is 13.0. The molecule has 1 atom stereocenters. The number of hydrogen-bond donors (Lipinski definition) is 1. The highest BCUT2D eigenvalue weighted by atomic mass is 19.1. The van der Waals surface area contributed by atoms with Crippen LogP contribution in [0.25, 0.3) is 0 Å². The number of nitrogens with zero attached hydrogens (tertiary/aromatic N) is 1. The Bertz CT molecular complexity index is 567. The van der Waals surface area contributed by atoms with Crippen LogP contribution < -0.4 is 10.2 Å². The molecule has 1 unspecified atom stereocenters. The summed E-state index contributed by atoms with van der Waals surface area (Å²) >= 11 is 0. The van der Waals surface area contributed by atoms with Crippen molar-refractivity contribution >= 4 is 17.5 Å². The van der Waals surface area contributed by atoms with Gasteiger partial charge in [0.25, 0.3) is 0 Å². The zero-order valence-corrected chi connectivity index (χ0v) is 13.3. The Labute approximate surface area is 136 Å².